The van der Waals surface area contributed by atoms with Gasteiger partial charge in [-0.15, -0.1) is 0 Å². The maximum Gasteiger partial charge on any atom is 0.188 e. The van der Waals surface area contributed by atoms with Gasteiger partial charge in [-0.05, 0) is 31.2 Å². The first-order chi connectivity index (χ1) is 12.0. The maximum absolute atomic E-state index is 13.0. The van der Waals surface area contributed by atoms with Crippen molar-refractivity contribution < 1.29 is 17.6 Å². The van der Waals surface area contributed by atoms with Crippen molar-refractivity contribution in [3.63, 3.8) is 0 Å². The minimum absolute atomic E-state index is 0.173. The van der Waals surface area contributed by atoms with Crippen LogP contribution in [0.5, 0.6) is 0 Å². The Bertz CT molecular complexity index is 941. The number of carbonyl (C=O) groups excluding carboxylic acids is 1. The average molecular weight is 354 g/mol. The second-order valence-electron chi connectivity index (χ2n) is 5.86. The van der Waals surface area contributed by atoms with Crippen LogP contribution in [0.1, 0.15) is 33.4 Å². The molecule has 1 atom stereocenters. The number of rotatable bonds is 6. The summed E-state index contributed by atoms with van der Waals surface area (Å²) in [5, 5.41) is -1.06. The first kappa shape index (κ1) is 17.2. The average Bonchev–Trinajstić information content (AvgIpc) is 3.15. The van der Waals surface area contributed by atoms with Crippen molar-refractivity contribution in [2.45, 2.75) is 23.5 Å². The Labute approximate surface area is 147 Å². The second-order valence-corrected chi connectivity index (χ2v) is 7.99. The third-order valence-electron chi connectivity index (χ3n) is 4.05. The fourth-order valence-electron chi connectivity index (χ4n) is 2.64. The molecular formula is C20H18O4S. The molecule has 3 aromatic rings. The molecule has 0 N–H and O–H groups in total. The third kappa shape index (κ3) is 3.72. The Kier molecular flexibility index (Phi) is 4.86. The predicted molar refractivity (Wildman–Crippen MR) is 95.2 cm³/mol. The van der Waals surface area contributed by atoms with Gasteiger partial charge in [0, 0.05) is 12.0 Å². The summed E-state index contributed by atoms with van der Waals surface area (Å²) < 4.78 is 31.4. The number of sulfone groups is 1. The minimum Gasteiger partial charge on any atom is -0.468 e. The van der Waals surface area contributed by atoms with Crippen LogP contribution < -0.4 is 0 Å². The van der Waals surface area contributed by atoms with E-state index in [0.717, 1.165) is 5.56 Å². The molecule has 0 aliphatic rings. The van der Waals surface area contributed by atoms with E-state index in [1.54, 1.807) is 42.5 Å². The smallest absolute Gasteiger partial charge is 0.188 e. The fourth-order valence-corrected chi connectivity index (χ4v) is 4.31. The van der Waals surface area contributed by atoms with E-state index in [4.69, 9.17) is 4.42 Å². The summed E-state index contributed by atoms with van der Waals surface area (Å²) in [6, 6.07) is 18.4. The lowest BCUT2D eigenvalue weighted by Gasteiger charge is -2.15. The standard InChI is InChI=1S/C20H18O4S/c1-15-9-11-16(12-10-15)18(21)14-20(19-8-5-13-24-19)25(22,23)17-6-3-2-4-7-17/h2-13,20H,14H2,1H3. The zero-order valence-electron chi connectivity index (χ0n) is 13.8. The Hall–Kier alpha value is -2.66. The number of benzene rings is 2. The van der Waals surface area contributed by atoms with Gasteiger partial charge in [0.15, 0.2) is 15.6 Å². The molecule has 4 nitrogen and oxygen atoms in total. The molecule has 0 saturated carbocycles. The van der Waals surface area contributed by atoms with Crippen molar-refractivity contribution in [1.82, 2.24) is 0 Å². The van der Waals surface area contributed by atoms with Crippen LogP contribution in [0.2, 0.25) is 0 Å². The van der Waals surface area contributed by atoms with Gasteiger partial charge in [0.05, 0.1) is 11.2 Å². The van der Waals surface area contributed by atoms with Crippen LogP contribution in [0.15, 0.2) is 82.3 Å². The van der Waals surface area contributed by atoms with Crippen molar-refractivity contribution in [1.29, 1.82) is 0 Å². The molecule has 0 amide bonds. The SMILES string of the molecule is Cc1ccc(C(=O)CC(c2ccco2)S(=O)(=O)c2ccccc2)cc1. The number of furan rings is 1. The molecule has 2 aromatic carbocycles. The Balaban J connectivity index is 1.96. The summed E-state index contributed by atoms with van der Waals surface area (Å²) in [6.45, 7) is 1.93. The number of hydrogen-bond donors (Lipinski definition) is 0. The summed E-state index contributed by atoms with van der Waals surface area (Å²) in [5.41, 5.74) is 1.53. The van der Waals surface area contributed by atoms with Crippen LogP contribution in [0.4, 0.5) is 0 Å². The van der Waals surface area contributed by atoms with E-state index in [-0.39, 0.29) is 22.9 Å². The van der Waals surface area contributed by atoms with Crippen LogP contribution in [-0.4, -0.2) is 14.2 Å². The molecule has 5 heteroatoms. The maximum atomic E-state index is 13.0. The highest BCUT2D eigenvalue weighted by Crippen LogP contribution is 2.33. The lowest BCUT2D eigenvalue weighted by Crippen LogP contribution is -2.17. The van der Waals surface area contributed by atoms with Gasteiger partial charge < -0.3 is 4.42 Å². The van der Waals surface area contributed by atoms with Gasteiger partial charge in [0.25, 0.3) is 0 Å². The Morgan fingerprint density at radius 1 is 0.960 bits per heavy atom. The van der Waals surface area contributed by atoms with Gasteiger partial charge in [-0.1, -0.05) is 48.0 Å². The first-order valence-corrected chi connectivity index (χ1v) is 9.45. The molecule has 128 valence electrons. The van der Waals surface area contributed by atoms with Crippen LogP contribution in [0.25, 0.3) is 0 Å². The molecule has 1 aromatic heterocycles. The number of carbonyl (C=O) groups is 1. The van der Waals surface area contributed by atoms with E-state index in [1.165, 1.54) is 18.4 Å². The van der Waals surface area contributed by atoms with Gasteiger partial charge in [0.1, 0.15) is 11.0 Å². The van der Waals surface area contributed by atoms with Crippen molar-refractivity contribution in [2.24, 2.45) is 0 Å². The Morgan fingerprint density at radius 3 is 2.24 bits per heavy atom. The topological polar surface area (TPSA) is 64.3 Å². The summed E-state index contributed by atoms with van der Waals surface area (Å²) >= 11 is 0. The lowest BCUT2D eigenvalue weighted by atomic mass is 10.0. The molecule has 0 fully saturated rings. The monoisotopic (exact) mass is 354 g/mol. The largest absolute Gasteiger partial charge is 0.468 e. The van der Waals surface area contributed by atoms with Crippen LogP contribution in [0, 0.1) is 6.92 Å². The number of Topliss-reactive ketones (excluding diaryl/α,β-unsaturated/α-hetero) is 1. The quantitative estimate of drug-likeness (QED) is 0.616. The second kappa shape index (κ2) is 7.07. The van der Waals surface area contributed by atoms with Crippen molar-refractivity contribution in [3.05, 3.63) is 89.9 Å². The first-order valence-electron chi connectivity index (χ1n) is 7.90. The number of ketones is 1. The number of aryl methyl sites for hydroxylation is 1. The van der Waals surface area contributed by atoms with E-state index < -0.39 is 15.1 Å². The molecule has 1 unspecified atom stereocenters. The highest BCUT2D eigenvalue weighted by atomic mass is 32.2. The molecular weight excluding hydrogens is 336 g/mol. The molecule has 25 heavy (non-hydrogen) atoms. The van der Waals surface area contributed by atoms with Crippen LogP contribution in [0.3, 0.4) is 0 Å². The van der Waals surface area contributed by atoms with E-state index in [0.29, 0.717) is 5.56 Å². The highest BCUT2D eigenvalue weighted by molar-refractivity contribution is 7.91. The highest BCUT2D eigenvalue weighted by Gasteiger charge is 2.33. The zero-order chi connectivity index (χ0) is 17.9. The summed E-state index contributed by atoms with van der Waals surface area (Å²) in [6.07, 6.45) is 1.24. The van der Waals surface area contributed by atoms with E-state index in [1.807, 2.05) is 19.1 Å². The van der Waals surface area contributed by atoms with Crippen molar-refractivity contribution in [3.8, 4) is 0 Å². The van der Waals surface area contributed by atoms with Crippen molar-refractivity contribution in [2.75, 3.05) is 0 Å². The van der Waals surface area contributed by atoms with Gasteiger partial charge in [-0.3, -0.25) is 4.79 Å². The molecule has 0 saturated heterocycles. The van der Waals surface area contributed by atoms with Crippen LogP contribution in [-0.2, 0) is 9.84 Å². The van der Waals surface area contributed by atoms with Crippen LogP contribution >= 0.6 is 0 Å². The molecule has 0 bridgehead atoms. The van der Waals surface area contributed by atoms with E-state index >= 15 is 0 Å². The Morgan fingerprint density at radius 2 is 1.64 bits per heavy atom. The minimum atomic E-state index is -3.75. The molecule has 0 aliphatic carbocycles. The molecule has 0 spiro atoms. The summed E-state index contributed by atoms with van der Waals surface area (Å²) in [5.74, 6) is 0.0326. The van der Waals surface area contributed by atoms with Gasteiger partial charge in [-0.25, -0.2) is 8.42 Å². The van der Waals surface area contributed by atoms with Gasteiger partial charge in [0.2, 0.25) is 0 Å². The molecule has 3 rings (SSSR count). The van der Waals surface area contributed by atoms with Gasteiger partial charge >= 0.3 is 0 Å². The predicted octanol–water partition coefficient (Wildman–Crippen LogP) is 4.38. The molecule has 1 heterocycles. The number of hydrogen-bond acceptors (Lipinski definition) is 4. The lowest BCUT2D eigenvalue weighted by molar-refractivity contribution is 0.0978. The summed E-state index contributed by atoms with van der Waals surface area (Å²) in [7, 11) is -3.75. The third-order valence-corrected chi connectivity index (χ3v) is 6.13. The summed E-state index contributed by atoms with van der Waals surface area (Å²) in [4.78, 5) is 12.8. The molecule has 0 radical (unpaired) electrons. The van der Waals surface area contributed by atoms with Crippen molar-refractivity contribution >= 4 is 15.6 Å². The fraction of sp³-hybridized carbons (Fsp3) is 0.150. The van der Waals surface area contributed by atoms with Gasteiger partial charge in [-0.2, -0.15) is 0 Å². The zero-order valence-corrected chi connectivity index (χ0v) is 14.6. The van der Waals surface area contributed by atoms with E-state index in [2.05, 4.69) is 0 Å². The van der Waals surface area contributed by atoms with E-state index in [9.17, 15) is 13.2 Å². The molecule has 0 aliphatic heterocycles. The normalized spacial score (nSPS) is 12.7.